The number of aryl methyl sites for hydroxylation is 1. The van der Waals surface area contributed by atoms with Crippen LogP contribution in [0.1, 0.15) is 67.2 Å². The van der Waals surface area contributed by atoms with Gasteiger partial charge in [0.1, 0.15) is 0 Å². The summed E-state index contributed by atoms with van der Waals surface area (Å²) in [6.07, 6.45) is 11.5. The van der Waals surface area contributed by atoms with Gasteiger partial charge in [-0.2, -0.15) is 5.10 Å². The molecule has 1 aliphatic heterocycles. The zero-order valence-electron chi connectivity index (χ0n) is 21.3. The van der Waals surface area contributed by atoms with Crippen LogP contribution < -0.4 is 14.8 Å². The van der Waals surface area contributed by atoms with Crippen molar-refractivity contribution >= 4 is 17.6 Å². The third-order valence-electron chi connectivity index (χ3n) is 6.72. The van der Waals surface area contributed by atoms with Gasteiger partial charge in [0, 0.05) is 17.3 Å². The predicted molar refractivity (Wildman–Crippen MR) is 137 cm³/mol. The Balaban J connectivity index is 1.48. The van der Waals surface area contributed by atoms with Gasteiger partial charge in [-0.05, 0) is 75.3 Å². The summed E-state index contributed by atoms with van der Waals surface area (Å²) >= 11 is 0. The minimum Gasteiger partial charge on any atom is -0.493 e. The van der Waals surface area contributed by atoms with Crippen molar-refractivity contribution < 1.29 is 23.8 Å². The van der Waals surface area contributed by atoms with Gasteiger partial charge in [-0.1, -0.05) is 19.1 Å². The van der Waals surface area contributed by atoms with Crippen molar-refractivity contribution in [2.24, 2.45) is 5.92 Å². The minimum atomic E-state index is -0.189. The smallest absolute Gasteiger partial charge is 0.308 e. The number of carbonyl (C=O) groups excluding carboxylic acids is 2. The molecule has 0 spiro atoms. The van der Waals surface area contributed by atoms with Crippen LogP contribution in [-0.2, 0) is 16.0 Å². The van der Waals surface area contributed by atoms with E-state index in [0.717, 1.165) is 61.9 Å². The molecule has 1 aromatic heterocycles. The van der Waals surface area contributed by atoms with Crippen molar-refractivity contribution in [3.05, 3.63) is 59.4 Å². The Labute approximate surface area is 212 Å². The Morgan fingerprint density at radius 2 is 1.86 bits per heavy atom. The zero-order valence-corrected chi connectivity index (χ0v) is 21.3. The molecule has 1 saturated carbocycles. The van der Waals surface area contributed by atoms with E-state index in [-0.39, 0.29) is 23.8 Å². The first-order valence-corrected chi connectivity index (χ1v) is 12.7. The fourth-order valence-corrected chi connectivity index (χ4v) is 4.74. The molecule has 0 unspecified atom stereocenters. The number of rotatable bonds is 8. The predicted octanol–water partition coefficient (Wildman–Crippen LogP) is 4.53. The van der Waals surface area contributed by atoms with Gasteiger partial charge in [-0.3, -0.25) is 9.59 Å². The normalized spacial score (nSPS) is 21.7. The molecule has 4 rings (SSSR count). The van der Waals surface area contributed by atoms with Gasteiger partial charge in [-0.15, -0.1) is 0 Å². The van der Waals surface area contributed by atoms with E-state index >= 15 is 0 Å². The standard InChI is InChI=1S/C28H35N3O5/c1-4-16-36-28(33)19-10-13-21(14-11-19)29-27(32)23-18-22-8-6-5-7-9-24(31(22)30-23)20-12-15-25(34-2)26(17-20)35-3/h5,7,9,12,15,17-19,21H,4,6,8,10-11,13-14,16H2,1-3H3,(H,29,32)/b7-5-,24-9-/t19-,21-. The summed E-state index contributed by atoms with van der Waals surface area (Å²) in [4.78, 5) is 25.3. The van der Waals surface area contributed by atoms with Gasteiger partial charge >= 0.3 is 5.97 Å². The van der Waals surface area contributed by atoms with Gasteiger partial charge < -0.3 is 19.5 Å². The van der Waals surface area contributed by atoms with Gasteiger partial charge in [0.15, 0.2) is 17.2 Å². The van der Waals surface area contributed by atoms with Gasteiger partial charge in [0.2, 0.25) is 0 Å². The lowest BCUT2D eigenvalue weighted by molar-refractivity contribution is -0.149. The minimum absolute atomic E-state index is 0.0273. The fraction of sp³-hybridized carbons (Fsp3) is 0.464. The number of carbonyl (C=O) groups is 2. The van der Waals surface area contributed by atoms with Crippen molar-refractivity contribution in [1.29, 1.82) is 0 Å². The number of ether oxygens (including phenoxy) is 3. The maximum atomic E-state index is 13.1. The number of hydrogen-bond donors (Lipinski definition) is 1. The third kappa shape index (κ3) is 5.80. The SMILES string of the molecule is CCCOC(=O)[C@H]1CC[C@H](NC(=O)c2cc3n(n2)/C(c2ccc(OC)c(OC)c2)=C\C=C/CC3)CC1. The van der Waals surface area contributed by atoms with Crippen LogP contribution in [0.2, 0.25) is 0 Å². The van der Waals surface area contributed by atoms with E-state index < -0.39 is 0 Å². The number of esters is 1. The topological polar surface area (TPSA) is 91.7 Å². The molecule has 2 heterocycles. The van der Waals surface area contributed by atoms with E-state index in [4.69, 9.17) is 19.3 Å². The molecule has 0 radical (unpaired) electrons. The monoisotopic (exact) mass is 493 g/mol. The molecule has 8 heteroatoms. The fourth-order valence-electron chi connectivity index (χ4n) is 4.74. The summed E-state index contributed by atoms with van der Waals surface area (Å²) in [6, 6.07) is 7.63. The second-order valence-corrected chi connectivity index (χ2v) is 9.21. The molecule has 8 nitrogen and oxygen atoms in total. The highest BCUT2D eigenvalue weighted by Gasteiger charge is 2.29. The number of aromatic nitrogens is 2. The second kappa shape index (κ2) is 11.9. The molecule has 1 aliphatic carbocycles. The van der Waals surface area contributed by atoms with E-state index in [9.17, 15) is 9.59 Å². The average Bonchev–Trinajstić information content (AvgIpc) is 3.30. The van der Waals surface area contributed by atoms with Crippen molar-refractivity contribution in [2.45, 2.75) is 57.9 Å². The molecule has 1 amide bonds. The van der Waals surface area contributed by atoms with E-state index in [2.05, 4.69) is 11.4 Å². The first kappa shape index (κ1) is 25.5. The molecule has 0 atom stereocenters. The lowest BCUT2D eigenvalue weighted by Gasteiger charge is -2.27. The van der Waals surface area contributed by atoms with Crippen molar-refractivity contribution in [3.63, 3.8) is 0 Å². The third-order valence-corrected chi connectivity index (χ3v) is 6.72. The Kier molecular flexibility index (Phi) is 8.46. The summed E-state index contributed by atoms with van der Waals surface area (Å²) in [5.41, 5.74) is 3.12. The van der Waals surface area contributed by atoms with Crippen LogP contribution in [0.25, 0.3) is 5.70 Å². The molecule has 1 N–H and O–H groups in total. The number of benzene rings is 1. The molecule has 36 heavy (non-hydrogen) atoms. The quantitative estimate of drug-likeness (QED) is 0.543. The summed E-state index contributed by atoms with van der Waals surface area (Å²) in [5.74, 6) is 0.906. The number of allylic oxidation sites excluding steroid dienone is 3. The zero-order chi connectivity index (χ0) is 25.5. The first-order valence-electron chi connectivity index (χ1n) is 12.7. The Bertz CT molecular complexity index is 1140. The Morgan fingerprint density at radius 1 is 1.08 bits per heavy atom. The number of hydrogen-bond acceptors (Lipinski definition) is 6. The molecule has 192 valence electrons. The van der Waals surface area contributed by atoms with E-state index in [0.29, 0.717) is 23.8 Å². The number of nitrogens with zero attached hydrogens (tertiary/aromatic N) is 2. The van der Waals surface area contributed by atoms with Gasteiger partial charge in [0.25, 0.3) is 5.91 Å². The van der Waals surface area contributed by atoms with Crippen molar-refractivity contribution in [2.75, 3.05) is 20.8 Å². The summed E-state index contributed by atoms with van der Waals surface area (Å²) in [5, 5.41) is 7.83. The second-order valence-electron chi connectivity index (χ2n) is 9.21. The molecular formula is C28H35N3O5. The Morgan fingerprint density at radius 3 is 2.58 bits per heavy atom. The Hall–Kier alpha value is -3.55. The average molecular weight is 494 g/mol. The molecule has 0 bridgehead atoms. The van der Waals surface area contributed by atoms with Gasteiger partial charge in [-0.25, -0.2) is 4.68 Å². The molecular weight excluding hydrogens is 458 g/mol. The largest absolute Gasteiger partial charge is 0.493 e. The molecule has 2 aromatic rings. The van der Waals surface area contributed by atoms with Crippen LogP contribution in [0, 0.1) is 5.92 Å². The molecule has 1 fully saturated rings. The number of nitrogens with one attached hydrogen (secondary N) is 1. The molecule has 1 aromatic carbocycles. The number of fused-ring (bicyclic) bond motifs is 1. The summed E-state index contributed by atoms with van der Waals surface area (Å²) in [7, 11) is 3.22. The van der Waals surface area contributed by atoms with Crippen LogP contribution in [0.15, 0.2) is 42.5 Å². The van der Waals surface area contributed by atoms with Crippen LogP contribution in [-0.4, -0.2) is 48.5 Å². The molecule has 2 aliphatic rings. The van der Waals surface area contributed by atoms with Crippen molar-refractivity contribution in [3.8, 4) is 11.5 Å². The van der Waals surface area contributed by atoms with E-state index in [1.165, 1.54) is 0 Å². The lowest BCUT2D eigenvalue weighted by atomic mass is 9.86. The number of methoxy groups -OCH3 is 2. The maximum absolute atomic E-state index is 13.1. The summed E-state index contributed by atoms with van der Waals surface area (Å²) in [6.45, 7) is 2.45. The van der Waals surface area contributed by atoms with Crippen molar-refractivity contribution in [1.82, 2.24) is 15.1 Å². The maximum Gasteiger partial charge on any atom is 0.308 e. The van der Waals surface area contributed by atoms with Crippen LogP contribution in [0.4, 0.5) is 0 Å². The lowest BCUT2D eigenvalue weighted by Crippen LogP contribution is -2.39. The highest BCUT2D eigenvalue weighted by Crippen LogP contribution is 2.32. The van der Waals surface area contributed by atoms with Crippen LogP contribution in [0.5, 0.6) is 11.5 Å². The molecule has 0 saturated heterocycles. The summed E-state index contributed by atoms with van der Waals surface area (Å²) < 4.78 is 18.0. The van der Waals surface area contributed by atoms with E-state index in [1.54, 1.807) is 14.2 Å². The van der Waals surface area contributed by atoms with Gasteiger partial charge in [0.05, 0.1) is 32.4 Å². The van der Waals surface area contributed by atoms with E-state index in [1.807, 2.05) is 48.0 Å². The van der Waals surface area contributed by atoms with Crippen LogP contribution >= 0.6 is 0 Å². The highest BCUT2D eigenvalue weighted by molar-refractivity contribution is 5.93. The highest BCUT2D eigenvalue weighted by atomic mass is 16.5. The number of amides is 1. The first-order chi connectivity index (χ1) is 17.5. The van der Waals surface area contributed by atoms with Crippen LogP contribution in [0.3, 0.4) is 0 Å².